The Bertz CT molecular complexity index is 482. The molecular formula is C15H16N2O. The summed E-state index contributed by atoms with van der Waals surface area (Å²) in [6, 6.07) is 9.34. The maximum Gasteiger partial charge on any atom is 0.220 e. The molecule has 0 aliphatic heterocycles. The molecule has 0 fully saturated rings. The molecule has 18 heavy (non-hydrogen) atoms. The Balaban J connectivity index is 1.78. The van der Waals surface area contributed by atoms with Gasteiger partial charge in [0.15, 0.2) is 0 Å². The van der Waals surface area contributed by atoms with E-state index >= 15 is 0 Å². The lowest BCUT2D eigenvalue weighted by molar-refractivity contribution is -0.121. The molecule has 3 nitrogen and oxygen atoms in total. The number of amides is 1. The molecule has 3 heteroatoms. The summed E-state index contributed by atoms with van der Waals surface area (Å²) in [6.45, 7) is 0.529. The molecule has 0 radical (unpaired) electrons. The van der Waals surface area contributed by atoms with E-state index in [0.29, 0.717) is 24.4 Å². The van der Waals surface area contributed by atoms with Crippen LogP contribution >= 0.6 is 0 Å². The monoisotopic (exact) mass is 240 g/mol. The van der Waals surface area contributed by atoms with Gasteiger partial charge in [-0.05, 0) is 36.5 Å². The average molecular weight is 240 g/mol. The summed E-state index contributed by atoms with van der Waals surface area (Å²) in [7, 11) is 0. The SMILES string of the molecule is N#Cc1ccc(CNC(=O)CC2C=CCC2)cc1. The van der Waals surface area contributed by atoms with Crippen LogP contribution in [-0.2, 0) is 11.3 Å². The Labute approximate surface area is 107 Å². The van der Waals surface area contributed by atoms with Crippen molar-refractivity contribution in [2.45, 2.75) is 25.8 Å². The van der Waals surface area contributed by atoms with Gasteiger partial charge in [0, 0.05) is 13.0 Å². The second kappa shape index (κ2) is 6.02. The van der Waals surface area contributed by atoms with Crippen LogP contribution in [0.2, 0.25) is 0 Å². The molecule has 92 valence electrons. The molecule has 0 bridgehead atoms. The number of carbonyl (C=O) groups excluding carboxylic acids is 1. The third kappa shape index (κ3) is 3.46. The molecule has 1 atom stereocenters. The van der Waals surface area contributed by atoms with Crippen LogP contribution in [0.3, 0.4) is 0 Å². The molecule has 1 aromatic rings. The maximum absolute atomic E-state index is 11.7. The van der Waals surface area contributed by atoms with Gasteiger partial charge < -0.3 is 5.32 Å². The zero-order valence-corrected chi connectivity index (χ0v) is 10.2. The van der Waals surface area contributed by atoms with Crippen molar-refractivity contribution in [1.82, 2.24) is 5.32 Å². The molecular weight excluding hydrogens is 224 g/mol. The van der Waals surface area contributed by atoms with Gasteiger partial charge in [0.2, 0.25) is 5.91 Å². The zero-order valence-electron chi connectivity index (χ0n) is 10.2. The van der Waals surface area contributed by atoms with Crippen molar-refractivity contribution >= 4 is 5.91 Å². The summed E-state index contributed by atoms with van der Waals surface area (Å²) < 4.78 is 0. The smallest absolute Gasteiger partial charge is 0.220 e. The van der Waals surface area contributed by atoms with Gasteiger partial charge in [0.25, 0.3) is 0 Å². The molecule has 1 N–H and O–H groups in total. The van der Waals surface area contributed by atoms with E-state index in [2.05, 4.69) is 23.5 Å². The van der Waals surface area contributed by atoms with Gasteiger partial charge in [-0.25, -0.2) is 0 Å². The van der Waals surface area contributed by atoms with Crippen molar-refractivity contribution in [1.29, 1.82) is 5.26 Å². The molecule has 0 saturated carbocycles. The summed E-state index contributed by atoms with van der Waals surface area (Å²) in [6.07, 6.45) is 7.02. The largest absolute Gasteiger partial charge is 0.352 e. The fraction of sp³-hybridized carbons (Fsp3) is 0.333. The first-order valence-electron chi connectivity index (χ1n) is 6.20. The van der Waals surface area contributed by atoms with Crippen LogP contribution in [0.5, 0.6) is 0 Å². The quantitative estimate of drug-likeness (QED) is 0.822. The molecule has 1 aromatic carbocycles. The van der Waals surface area contributed by atoms with E-state index in [1.165, 1.54) is 0 Å². The molecule has 1 amide bonds. The van der Waals surface area contributed by atoms with Crippen LogP contribution in [0.25, 0.3) is 0 Å². The van der Waals surface area contributed by atoms with Gasteiger partial charge in [-0.1, -0.05) is 24.3 Å². The number of allylic oxidation sites excluding steroid dienone is 2. The van der Waals surface area contributed by atoms with Crippen molar-refractivity contribution in [3.63, 3.8) is 0 Å². The Hall–Kier alpha value is -2.08. The minimum atomic E-state index is 0.0934. The predicted molar refractivity (Wildman–Crippen MR) is 69.5 cm³/mol. The number of rotatable bonds is 4. The van der Waals surface area contributed by atoms with Gasteiger partial charge in [0.05, 0.1) is 11.6 Å². The first kappa shape index (κ1) is 12.4. The third-order valence-corrected chi connectivity index (χ3v) is 3.13. The topological polar surface area (TPSA) is 52.9 Å². The van der Waals surface area contributed by atoms with E-state index in [1.54, 1.807) is 12.1 Å². The molecule has 0 saturated heterocycles. The van der Waals surface area contributed by atoms with E-state index in [1.807, 2.05) is 12.1 Å². The normalized spacial score (nSPS) is 17.4. The Kier molecular flexibility index (Phi) is 4.14. The number of nitrogens with one attached hydrogen (secondary N) is 1. The molecule has 1 aliphatic carbocycles. The highest BCUT2D eigenvalue weighted by molar-refractivity contribution is 5.76. The minimum Gasteiger partial charge on any atom is -0.352 e. The second-order valence-electron chi connectivity index (χ2n) is 4.56. The van der Waals surface area contributed by atoms with Crippen molar-refractivity contribution in [3.8, 4) is 6.07 Å². The summed E-state index contributed by atoms with van der Waals surface area (Å²) in [5.74, 6) is 0.502. The number of hydrogen-bond donors (Lipinski definition) is 1. The maximum atomic E-state index is 11.7. The molecule has 0 aromatic heterocycles. The number of nitriles is 1. The Morgan fingerprint density at radius 1 is 1.39 bits per heavy atom. The average Bonchev–Trinajstić information content (AvgIpc) is 2.90. The third-order valence-electron chi connectivity index (χ3n) is 3.13. The minimum absolute atomic E-state index is 0.0934. The van der Waals surface area contributed by atoms with Crippen LogP contribution in [0.15, 0.2) is 36.4 Å². The van der Waals surface area contributed by atoms with Crippen LogP contribution in [-0.4, -0.2) is 5.91 Å². The van der Waals surface area contributed by atoms with E-state index in [9.17, 15) is 4.79 Å². The highest BCUT2D eigenvalue weighted by Gasteiger charge is 2.13. The van der Waals surface area contributed by atoms with Crippen LogP contribution in [0.1, 0.15) is 30.4 Å². The standard InChI is InChI=1S/C15H16N2O/c16-10-13-5-7-14(8-6-13)11-17-15(18)9-12-3-1-2-4-12/h1,3,5-8,12H,2,4,9,11H2,(H,17,18). The van der Waals surface area contributed by atoms with E-state index in [0.717, 1.165) is 18.4 Å². The van der Waals surface area contributed by atoms with Crippen LogP contribution < -0.4 is 5.32 Å². The fourth-order valence-electron chi connectivity index (χ4n) is 2.07. The number of benzene rings is 1. The van der Waals surface area contributed by atoms with Gasteiger partial charge in [-0.15, -0.1) is 0 Å². The summed E-state index contributed by atoms with van der Waals surface area (Å²) >= 11 is 0. The lowest BCUT2D eigenvalue weighted by Gasteiger charge is -2.08. The zero-order chi connectivity index (χ0) is 12.8. The van der Waals surface area contributed by atoms with Gasteiger partial charge >= 0.3 is 0 Å². The van der Waals surface area contributed by atoms with E-state index < -0.39 is 0 Å². The predicted octanol–water partition coefficient (Wildman–Crippen LogP) is 2.53. The van der Waals surface area contributed by atoms with Crippen molar-refractivity contribution in [2.75, 3.05) is 0 Å². The highest BCUT2D eigenvalue weighted by atomic mass is 16.1. The van der Waals surface area contributed by atoms with E-state index in [4.69, 9.17) is 5.26 Å². The highest BCUT2D eigenvalue weighted by Crippen LogP contribution is 2.20. The summed E-state index contributed by atoms with van der Waals surface area (Å²) in [5, 5.41) is 11.6. The molecule has 0 heterocycles. The Morgan fingerprint density at radius 3 is 2.78 bits per heavy atom. The van der Waals surface area contributed by atoms with Gasteiger partial charge in [-0.2, -0.15) is 5.26 Å². The van der Waals surface area contributed by atoms with Crippen LogP contribution in [0.4, 0.5) is 0 Å². The molecule has 0 spiro atoms. The Morgan fingerprint density at radius 2 is 2.17 bits per heavy atom. The lowest BCUT2D eigenvalue weighted by atomic mass is 10.0. The summed E-state index contributed by atoms with van der Waals surface area (Å²) in [5.41, 5.74) is 1.66. The van der Waals surface area contributed by atoms with Gasteiger partial charge in [0.1, 0.15) is 0 Å². The molecule has 2 rings (SSSR count). The van der Waals surface area contributed by atoms with Crippen LogP contribution in [0, 0.1) is 17.2 Å². The van der Waals surface area contributed by atoms with Crippen molar-refractivity contribution in [3.05, 3.63) is 47.5 Å². The van der Waals surface area contributed by atoms with E-state index in [-0.39, 0.29) is 5.91 Å². The van der Waals surface area contributed by atoms with Crippen molar-refractivity contribution < 1.29 is 4.79 Å². The van der Waals surface area contributed by atoms with Crippen molar-refractivity contribution in [2.24, 2.45) is 5.92 Å². The first-order chi connectivity index (χ1) is 8.78. The lowest BCUT2D eigenvalue weighted by Crippen LogP contribution is -2.24. The number of nitrogens with zero attached hydrogens (tertiary/aromatic N) is 1. The van der Waals surface area contributed by atoms with Gasteiger partial charge in [-0.3, -0.25) is 4.79 Å². The fourth-order valence-corrected chi connectivity index (χ4v) is 2.07. The summed E-state index contributed by atoms with van der Waals surface area (Å²) in [4.78, 5) is 11.7. The first-order valence-corrected chi connectivity index (χ1v) is 6.20. The molecule has 1 aliphatic rings. The second-order valence-corrected chi connectivity index (χ2v) is 4.56. The number of carbonyl (C=O) groups is 1. The molecule has 1 unspecified atom stereocenters. The number of hydrogen-bond acceptors (Lipinski definition) is 2.